The van der Waals surface area contributed by atoms with Gasteiger partial charge < -0.3 is 20.1 Å². The third-order valence-electron chi connectivity index (χ3n) is 6.62. The number of carbonyl (C=O) groups excluding carboxylic acids is 1. The summed E-state index contributed by atoms with van der Waals surface area (Å²) in [4.78, 5) is 14.4. The van der Waals surface area contributed by atoms with Crippen molar-refractivity contribution in [1.82, 2.24) is 9.21 Å². The van der Waals surface area contributed by atoms with Gasteiger partial charge in [0, 0.05) is 42.4 Å². The van der Waals surface area contributed by atoms with Gasteiger partial charge in [-0.25, -0.2) is 13.2 Å². The van der Waals surface area contributed by atoms with Crippen LogP contribution in [0.5, 0.6) is 5.75 Å². The molecule has 1 heterocycles. The Morgan fingerprint density at radius 2 is 1.72 bits per heavy atom. The van der Waals surface area contributed by atoms with Crippen molar-refractivity contribution in [2.45, 2.75) is 30.9 Å². The average Bonchev–Trinajstić information content (AvgIpc) is 2.94. The molecular weight excluding hydrogens is 514 g/mol. The summed E-state index contributed by atoms with van der Waals surface area (Å²) in [7, 11) is -2.31. The summed E-state index contributed by atoms with van der Waals surface area (Å²) < 4.78 is 35.0. The van der Waals surface area contributed by atoms with Gasteiger partial charge in [0.1, 0.15) is 16.7 Å². The minimum absolute atomic E-state index is 0.00125. The molecule has 0 saturated heterocycles. The topological polar surface area (TPSA) is 99.2 Å². The number of nitrogens with zero attached hydrogens (tertiary/aromatic N) is 2. The zero-order valence-corrected chi connectivity index (χ0v) is 23.1. The van der Waals surface area contributed by atoms with Crippen molar-refractivity contribution in [2.24, 2.45) is 5.92 Å². The summed E-state index contributed by atoms with van der Waals surface area (Å²) >= 11 is 0. The predicted molar refractivity (Wildman–Crippen MR) is 151 cm³/mol. The van der Waals surface area contributed by atoms with E-state index in [9.17, 15) is 18.3 Å². The number of rotatable bonds is 5. The van der Waals surface area contributed by atoms with Crippen molar-refractivity contribution in [3.63, 3.8) is 0 Å². The van der Waals surface area contributed by atoms with E-state index in [0.717, 1.165) is 5.56 Å². The third kappa shape index (κ3) is 6.79. The predicted octanol–water partition coefficient (Wildman–Crippen LogP) is 4.02. The van der Waals surface area contributed by atoms with Gasteiger partial charge in [0.05, 0.1) is 13.2 Å². The molecule has 39 heavy (non-hydrogen) atoms. The molecule has 3 aromatic rings. The van der Waals surface area contributed by atoms with Gasteiger partial charge in [-0.1, -0.05) is 55.2 Å². The van der Waals surface area contributed by atoms with Crippen LogP contribution in [0.15, 0.2) is 83.8 Å². The second-order valence-corrected chi connectivity index (χ2v) is 11.6. The van der Waals surface area contributed by atoms with Gasteiger partial charge in [-0.15, -0.1) is 0 Å². The fraction of sp³-hybridized carbons (Fsp3) is 0.300. The van der Waals surface area contributed by atoms with Crippen LogP contribution in [0.25, 0.3) is 0 Å². The number of aliphatic hydroxyl groups is 1. The second-order valence-electron chi connectivity index (χ2n) is 9.69. The van der Waals surface area contributed by atoms with E-state index in [1.807, 2.05) is 55.5 Å². The standard InChI is InChI=1S/C30H33N3O5S/c1-22-19-33(23(2)21-34)39(36,37)29-17-16-25(15-14-24-10-6-4-7-11-24)18-27(29)38-28(22)20-32(3)30(35)31-26-12-8-5-9-13-26/h4-13,16-18,22-23,28,34H,19-21H2,1-3H3,(H,31,35)/t22-,23-,28-/m0/s1. The number of hydrogen-bond acceptors (Lipinski definition) is 5. The number of likely N-dealkylation sites (N-methyl/N-ethyl adjacent to an activating group) is 1. The van der Waals surface area contributed by atoms with Gasteiger partial charge in [0.2, 0.25) is 10.0 Å². The smallest absolute Gasteiger partial charge is 0.321 e. The van der Waals surface area contributed by atoms with Gasteiger partial charge in [0.15, 0.2) is 0 Å². The molecule has 0 aromatic heterocycles. The first kappa shape index (κ1) is 28.2. The summed E-state index contributed by atoms with van der Waals surface area (Å²) in [5, 5.41) is 12.7. The first-order chi connectivity index (χ1) is 18.7. The van der Waals surface area contributed by atoms with E-state index in [4.69, 9.17) is 4.74 Å². The number of amides is 2. The average molecular weight is 548 g/mol. The molecular formula is C30H33N3O5S. The molecule has 2 N–H and O–H groups in total. The lowest BCUT2D eigenvalue weighted by Crippen LogP contribution is -2.50. The van der Waals surface area contributed by atoms with E-state index < -0.39 is 22.2 Å². The van der Waals surface area contributed by atoms with Crippen molar-refractivity contribution in [3.8, 4) is 17.6 Å². The summed E-state index contributed by atoms with van der Waals surface area (Å²) in [5.74, 6) is 6.03. The van der Waals surface area contributed by atoms with Gasteiger partial charge in [-0.05, 0) is 49.4 Å². The maximum absolute atomic E-state index is 13.7. The van der Waals surface area contributed by atoms with E-state index in [-0.39, 0.29) is 42.3 Å². The minimum Gasteiger partial charge on any atom is -0.487 e. The lowest BCUT2D eigenvalue weighted by Gasteiger charge is -2.37. The molecule has 0 radical (unpaired) electrons. The monoisotopic (exact) mass is 547 g/mol. The molecule has 4 rings (SSSR count). The molecule has 3 atom stereocenters. The van der Waals surface area contributed by atoms with Crippen molar-refractivity contribution in [2.75, 3.05) is 32.1 Å². The third-order valence-corrected chi connectivity index (χ3v) is 8.64. The highest BCUT2D eigenvalue weighted by Gasteiger charge is 2.38. The van der Waals surface area contributed by atoms with E-state index >= 15 is 0 Å². The number of para-hydroxylation sites is 1. The number of urea groups is 1. The molecule has 8 nitrogen and oxygen atoms in total. The molecule has 0 fully saturated rings. The molecule has 0 aliphatic carbocycles. The number of hydrogen-bond donors (Lipinski definition) is 2. The lowest BCUT2D eigenvalue weighted by atomic mass is 10.0. The number of sulfonamides is 1. The van der Waals surface area contributed by atoms with Crippen LogP contribution in [-0.4, -0.2) is 67.7 Å². The quantitative estimate of drug-likeness (QED) is 0.470. The molecule has 2 amide bonds. The zero-order chi connectivity index (χ0) is 28.0. The Hall–Kier alpha value is -3.84. The van der Waals surface area contributed by atoms with Crippen LogP contribution in [0.3, 0.4) is 0 Å². The Labute approximate surface area is 230 Å². The highest BCUT2D eigenvalue weighted by molar-refractivity contribution is 7.89. The molecule has 0 spiro atoms. The largest absolute Gasteiger partial charge is 0.487 e. The molecule has 3 aromatic carbocycles. The maximum Gasteiger partial charge on any atom is 0.321 e. The molecule has 1 aliphatic heterocycles. The number of anilines is 1. The van der Waals surface area contributed by atoms with Crippen molar-refractivity contribution in [3.05, 3.63) is 90.0 Å². The van der Waals surface area contributed by atoms with Crippen LogP contribution in [0.1, 0.15) is 25.0 Å². The van der Waals surface area contributed by atoms with E-state index in [1.165, 1.54) is 15.3 Å². The number of aliphatic hydroxyl groups excluding tert-OH is 1. The van der Waals surface area contributed by atoms with Crippen LogP contribution in [0.4, 0.5) is 10.5 Å². The maximum atomic E-state index is 13.7. The van der Waals surface area contributed by atoms with E-state index in [0.29, 0.717) is 11.3 Å². The Morgan fingerprint density at radius 3 is 2.38 bits per heavy atom. The van der Waals surface area contributed by atoms with Gasteiger partial charge >= 0.3 is 6.03 Å². The highest BCUT2D eigenvalue weighted by atomic mass is 32.2. The molecule has 0 saturated carbocycles. The van der Waals surface area contributed by atoms with Crippen LogP contribution < -0.4 is 10.1 Å². The fourth-order valence-corrected chi connectivity index (χ4v) is 6.11. The summed E-state index contributed by atoms with van der Waals surface area (Å²) in [6, 6.07) is 22.4. The first-order valence-electron chi connectivity index (χ1n) is 12.8. The number of nitrogens with one attached hydrogen (secondary N) is 1. The summed E-state index contributed by atoms with van der Waals surface area (Å²) in [6.07, 6.45) is -0.531. The SMILES string of the molecule is C[C@H]1CN([C@@H](C)CO)S(=O)(=O)c2ccc(C#Cc3ccccc3)cc2O[C@H]1CN(C)C(=O)Nc1ccccc1. The lowest BCUT2D eigenvalue weighted by molar-refractivity contribution is 0.0830. The Balaban J connectivity index is 1.67. The van der Waals surface area contributed by atoms with Gasteiger partial charge in [-0.3, -0.25) is 0 Å². The summed E-state index contributed by atoms with van der Waals surface area (Å²) in [6.45, 7) is 3.55. The normalized spacial score (nSPS) is 19.2. The molecule has 9 heteroatoms. The number of ether oxygens (including phenoxy) is 1. The molecule has 0 bridgehead atoms. The Bertz CT molecular complexity index is 1450. The number of carbonyl (C=O) groups is 1. The Morgan fingerprint density at radius 1 is 1.08 bits per heavy atom. The second kappa shape index (κ2) is 12.3. The summed E-state index contributed by atoms with van der Waals surface area (Å²) in [5.41, 5.74) is 2.09. The van der Waals surface area contributed by atoms with Crippen LogP contribution >= 0.6 is 0 Å². The number of benzene rings is 3. The highest BCUT2D eigenvalue weighted by Crippen LogP contribution is 2.34. The molecule has 1 aliphatic rings. The molecule has 204 valence electrons. The van der Waals surface area contributed by atoms with Crippen LogP contribution in [0, 0.1) is 17.8 Å². The minimum atomic E-state index is -3.97. The fourth-order valence-electron chi connectivity index (χ4n) is 4.28. The van der Waals surface area contributed by atoms with E-state index in [1.54, 1.807) is 38.2 Å². The van der Waals surface area contributed by atoms with Crippen LogP contribution in [-0.2, 0) is 10.0 Å². The van der Waals surface area contributed by atoms with E-state index in [2.05, 4.69) is 17.2 Å². The van der Waals surface area contributed by atoms with Crippen molar-refractivity contribution >= 4 is 21.7 Å². The first-order valence-corrected chi connectivity index (χ1v) is 14.2. The number of fused-ring (bicyclic) bond motifs is 1. The van der Waals surface area contributed by atoms with Crippen molar-refractivity contribution < 1.29 is 23.1 Å². The van der Waals surface area contributed by atoms with Gasteiger partial charge in [-0.2, -0.15) is 4.31 Å². The van der Waals surface area contributed by atoms with Gasteiger partial charge in [0.25, 0.3) is 0 Å². The van der Waals surface area contributed by atoms with Crippen LogP contribution in [0.2, 0.25) is 0 Å². The Kier molecular flexibility index (Phi) is 8.92. The zero-order valence-electron chi connectivity index (χ0n) is 22.2. The molecule has 0 unspecified atom stereocenters. The van der Waals surface area contributed by atoms with Crippen molar-refractivity contribution in [1.29, 1.82) is 0 Å².